The maximum absolute atomic E-state index is 10.3. The van der Waals surface area contributed by atoms with E-state index in [0.29, 0.717) is 6.61 Å². The van der Waals surface area contributed by atoms with E-state index in [2.05, 4.69) is 4.98 Å². The first-order valence-electron chi connectivity index (χ1n) is 5.87. The van der Waals surface area contributed by atoms with Crippen LogP contribution < -0.4 is 0 Å². The zero-order valence-electron chi connectivity index (χ0n) is 10.1. The third-order valence-corrected chi connectivity index (χ3v) is 2.86. The Morgan fingerprint density at radius 2 is 2.06 bits per heavy atom. The Morgan fingerprint density at radius 1 is 1.29 bits per heavy atom. The molecule has 0 spiro atoms. The molecular weight excluding hydrogens is 214 g/mol. The van der Waals surface area contributed by atoms with E-state index in [4.69, 9.17) is 4.74 Å². The summed E-state index contributed by atoms with van der Waals surface area (Å²) in [6.45, 7) is 4.39. The first kappa shape index (κ1) is 12.0. The van der Waals surface area contributed by atoms with Crippen molar-refractivity contribution < 1.29 is 9.84 Å². The second-order valence-electron chi connectivity index (χ2n) is 4.03. The van der Waals surface area contributed by atoms with Gasteiger partial charge < -0.3 is 9.84 Å². The fourth-order valence-corrected chi connectivity index (χ4v) is 1.97. The van der Waals surface area contributed by atoms with Crippen molar-refractivity contribution in [2.45, 2.75) is 26.1 Å². The van der Waals surface area contributed by atoms with E-state index in [0.717, 1.165) is 16.5 Å². The Balaban J connectivity index is 2.41. The number of pyridine rings is 1. The summed E-state index contributed by atoms with van der Waals surface area (Å²) in [5.41, 5.74) is 1.66. The standard InChI is InChI=1S/C14H17NO2/c1-3-17-10(2)14(16)12-8-4-6-11-7-5-9-15-13(11)12/h4-10,14,16H,3H2,1-2H3. The quantitative estimate of drug-likeness (QED) is 0.879. The van der Waals surface area contributed by atoms with Crippen LogP contribution >= 0.6 is 0 Å². The number of aliphatic hydroxyl groups excluding tert-OH is 1. The number of fused-ring (bicyclic) bond motifs is 1. The van der Waals surface area contributed by atoms with Crippen molar-refractivity contribution in [3.05, 3.63) is 42.1 Å². The Hall–Kier alpha value is -1.45. The highest BCUT2D eigenvalue weighted by Gasteiger charge is 2.19. The Morgan fingerprint density at radius 3 is 2.82 bits per heavy atom. The van der Waals surface area contributed by atoms with Gasteiger partial charge in [0, 0.05) is 23.8 Å². The molecule has 0 aliphatic heterocycles. The minimum atomic E-state index is -0.645. The monoisotopic (exact) mass is 231 g/mol. The minimum absolute atomic E-state index is 0.229. The lowest BCUT2D eigenvalue weighted by Gasteiger charge is -2.20. The Bertz CT molecular complexity index is 493. The average Bonchev–Trinajstić information content (AvgIpc) is 2.37. The molecule has 1 heterocycles. The lowest BCUT2D eigenvalue weighted by Crippen LogP contribution is -2.19. The first-order valence-corrected chi connectivity index (χ1v) is 5.87. The van der Waals surface area contributed by atoms with Gasteiger partial charge in [-0.25, -0.2) is 0 Å². The summed E-state index contributed by atoms with van der Waals surface area (Å²) in [6, 6.07) is 9.70. The summed E-state index contributed by atoms with van der Waals surface area (Å²) in [7, 11) is 0. The van der Waals surface area contributed by atoms with Crippen molar-refractivity contribution in [2.24, 2.45) is 0 Å². The van der Waals surface area contributed by atoms with Crippen molar-refractivity contribution >= 4 is 10.9 Å². The average molecular weight is 231 g/mol. The lowest BCUT2D eigenvalue weighted by molar-refractivity contribution is -0.0222. The summed E-state index contributed by atoms with van der Waals surface area (Å²) in [4.78, 5) is 4.33. The molecule has 0 saturated carbocycles. The van der Waals surface area contributed by atoms with Crippen molar-refractivity contribution in [1.29, 1.82) is 0 Å². The number of hydrogen-bond donors (Lipinski definition) is 1. The number of aliphatic hydroxyl groups is 1. The fraction of sp³-hybridized carbons (Fsp3) is 0.357. The predicted octanol–water partition coefficient (Wildman–Crippen LogP) is 2.69. The Kier molecular flexibility index (Phi) is 3.71. The van der Waals surface area contributed by atoms with E-state index < -0.39 is 6.10 Å². The van der Waals surface area contributed by atoms with Gasteiger partial charge in [-0.15, -0.1) is 0 Å². The van der Waals surface area contributed by atoms with E-state index in [-0.39, 0.29) is 6.10 Å². The molecule has 90 valence electrons. The zero-order valence-corrected chi connectivity index (χ0v) is 10.1. The van der Waals surface area contributed by atoms with Gasteiger partial charge in [0.25, 0.3) is 0 Å². The smallest absolute Gasteiger partial charge is 0.107 e. The number of ether oxygens (including phenoxy) is 1. The largest absolute Gasteiger partial charge is 0.386 e. The molecule has 0 radical (unpaired) electrons. The molecule has 17 heavy (non-hydrogen) atoms. The molecule has 0 aliphatic rings. The topological polar surface area (TPSA) is 42.4 Å². The van der Waals surface area contributed by atoms with Crippen LogP contribution in [0.1, 0.15) is 25.5 Å². The third-order valence-electron chi connectivity index (χ3n) is 2.86. The molecule has 1 aromatic carbocycles. The summed E-state index contributed by atoms with van der Waals surface area (Å²) in [5.74, 6) is 0. The van der Waals surface area contributed by atoms with Gasteiger partial charge in [0.05, 0.1) is 11.6 Å². The van der Waals surface area contributed by atoms with Crippen LogP contribution in [0.25, 0.3) is 10.9 Å². The number of hydrogen-bond acceptors (Lipinski definition) is 3. The Labute approximate surface area is 101 Å². The van der Waals surface area contributed by atoms with Crippen LogP contribution in [-0.4, -0.2) is 22.8 Å². The van der Waals surface area contributed by atoms with Gasteiger partial charge in [-0.2, -0.15) is 0 Å². The van der Waals surface area contributed by atoms with E-state index in [1.807, 2.05) is 44.2 Å². The number of benzene rings is 1. The highest BCUT2D eigenvalue weighted by molar-refractivity contribution is 5.81. The van der Waals surface area contributed by atoms with Crippen LogP contribution in [-0.2, 0) is 4.74 Å². The van der Waals surface area contributed by atoms with Gasteiger partial charge in [0.1, 0.15) is 6.10 Å². The molecule has 2 rings (SSSR count). The highest BCUT2D eigenvalue weighted by Crippen LogP contribution is 2.25. The maximum Gasteiger partial charge on any atom is 0.107 e. The van der Waals surface area contributed by atoms with Gasteiger partial charge in [-0.3, -0.25) is 4.98 Å². The van der Waals surface area contributed by atoms with Crippen molar-refractivity contribution in [2.75, 3.05) is 6.61 Å². The van der Waals surface area contributed by atoms with Crippen LogP contribution in [0.5, 0.6) is 0 Å². The highest BCUT2D eigenvalue weighted by atomic mass is 16.5. The summed E-state index contributed by atoms with van der Waals surface area (Å²) in [6.07, 6.45) is 0.866. The minimum Gasteiger partial charge on any atom is -0.386 e. The van der Waals surface area contributed by atoms with Crippen LogP contribution in [0, 0.1) is 0 Å². The zero-order chi connectivity index (χ0) is 12.3. The molecule has 0 saturated heterocycles. The van der Waals surface area contributed by atoms with Crippen molar-refractivity contribution in [3.63, 3.8) is 0 Å². The van der Waals surface area contributed by atoms with Crippen LogP contribution in [0.15, 0.2) is 36.5 Å². The van der Waals surface area contributed by atoms with Crippen LogP contribution in [0.4, 0.5) is 0 Å². The van der Waals surface area contributed by atoms with Gasteiger partial charge in [-0.05, 0) is 19.9 Å². The van der Waals surface area contributed by atoms with Gasteiger partial charge >= 0.3 is 0 Å². The normalized spacial score (nSPS) is 14.8. The van der Waals surface area contributed by atoms with E-state index in [9.17, 15) is 5.11 Å². The fourth-order valence-electron chi connectivity index (χ4n) is 1.97. The van der Waals surface area contributed by atoms with Crippen molar-refractivity contribution in [3.8, 4) is 0 Å². The summed E-state index contributed by atoms with van der Waals surface area (Å²) < 4.78 is 5.43. The molecule has 1 N–H and O–H groups in total. The van der Waals surface area contributed by atoms with Crippen LogP contribution in [0.3, 0.4) is 0 Å². The molecular formula is C14H17NO2. The number of rotatable bonds is 4. The summed E-state index contributed by atoms with van der Waals surface area (Å²) in [5, 5.41) is 11.3. The first-order chi connectivity index (χ1) is 8.24. The SMILES string of the molecule is CCOC(C)C(O)c1cccc2cccnc12. The molecule has 2 atom stereocenters. The molecule has 1 aromatic heterocycles. The van der Waals surface area contributed by atoms with E-state index in [1.54, 1.807) is 6.20 Å². The number of para-hydroxylation sites is 1. The van der Waals surface area contributed by atoms with Gasteiger partial charge in [0.15, 0.2) is 0 Å². The van der Waals surface area contributed by atoms with Gasteiger partial charge in [0.2, 0.25) is 0 Å². The van der Waals surface area contributed by atoms with Crippen molar-refractivity contribution in [1.82, 2.24) is 4.98 Å². The maximum atomic E-state index is 10.3. The molecule has 2 aromatic rings. The van der Waals surface area contributed by atoms with E-state index >= 15 is 0 Å². The third kappa shape index (κ3) is 2.46. The number of aromatic nitrogens is 1. The summed E-state index contributed by atoms with van der Waals surface area (Å²) >= 11 is 0. The van der Waals surface area contributed by atoms with E-state index in [1.165, 1.54) is 0 Å². The lowest BCUT2D eigenvalue weighted by atomic mass is 10.0. The molecule has 0 amide bonds. The predicted molar refractivity (Wildman–Crippen MR) is 67.8 cm³/mol. The molecule has 3 heteroatoms. The molecule has 3 nitrogen and oxygen atoms in total. The molecule has 0 fully saturated rings. The van der Waals surface area contributed by atoms with Crippen LogP contribution in [0.2, 0.25) is 0 Å². The molecule has 0 bridgehead atoms. The molecule has 0 aliphatic carbocycles. The second kappa shape index (κ2) is 5.25. The van der Waals surface area contributed by atoms with Gasteiger partial charge in [-0.1, -0.05) is 24.3 Å². The molecule has 2 unspecified atom stereocenters. The second-order valence-corrected chi connectivity index (χ2v) is 4.03. The number of nitrogens with zero attached hydrogens (tertiary/aromatic N) is 1.